The van der Waals surface area contributed by atoms with Crippen LogP contribution in [0.3, 0.4) is 0 Å². The van der Waals surface area contributed by atoms with Crippen LogP contribution in [0.4, 0.5) is 5.69 Å². The average Bonchev–Trinajstić information content (AvgIpc) is 2.44. The first kappa shape index (κ1) is 12.0. The number of aromatic nitrogens is 1. The molecule has 1 heterocycles. The fraction of sp³-hybridized carbons (Fsp3) is 0.0625. The van der Waals surface area contributed by atoms with Gasteiger partial charge >= 0.3 is 0 Å². The number of fused-ring (bicyclic) bond motifs is 1. The molecule has 0 fully saturated rings. The van der Waals surface area contributed by atoms with Gasteiger partial charge in [0, 0.05) is 21.7 Å². The van der Waals surface area contributed by atoms with Gasteiger partial charge in [-0.05, 0) is 30.7 Å². The zero-order chi connectivity index (χ0) is 13.4. The minimum absolute atomic E-state index is 0.713. The zero-order valence-corrected chi connectivity index (χ0v) is 11.3. The number of nitrogens with zero attached hydrogens (tertiary/aromatic N) is 1. The molecule has 1 aromatic heterocycles. The van der Waals surface area contributed by atoms with E-state index in [1.165, 1.54) is 0 Å². The van der Waals surface area contributed by atoms with Crippen LogP contribution in [-0.2, 0) is 0 Å². The van der Waals surface area contributed by atoms with Crippen LogP contribution in [0.15, 0.2) is 48.5 Å². The Morgan fingerprint density at radius 3 is 2.53 bits per heavy atom. The second-order valence-corrected chi connectivity index (χ2v) is 4.94. The SMILES string of the molecule is Cc1c(Cl)ccc2c(N)cc(-c3ccccc3)nc12. The number of aryl methyl sites for hydroxylation is 1. The van der Waals surface area contributed by atoms with E-state index in [2.05, 4.69) is 0 Å². The summed E-state index contributed by atoms with van der Waals surface area (Å²) in [5.41, 5.74) is 10.6. The topological polar surface area (TPSA) is 38.9 Å². The molecule has 2 nitrogen and oxygen atoms in total. The van der Waals surface area contributed by atoms with Gasteiger partial charge in [-0.25, -0.2) is 4.98 Å². The number of nitrogen functional groups attached to an aromatic ring is 1. The van der Waals surface area contributed by atoms with Crippen molar-refractivity contribution in [2.45, 2.75) is 6.92 Å². The Balaban J connectivity index is 2.32. The van der Waals surface area contributed by atoms with Gasteiger partial charge in [0.25, 0.3) is 0 Å². The maximum Gasteiger partial charge on any atom is 0.0774 e. The number of anilines is 1. The molecule has 0 aliphatic heterocycles. The van der Waals surface area contributed by atoms with E-state index < -0.39 is 0 Å². The molecule has 0 unspecified atom stereocenters. The summed E-state index contributed by atoms with van der Waals surface area (Å²) in [6.07, 6.45) is 0. The van der Waals surface area contributed by atoms with Gasteiger partial charge in [-0.2, -0.15) is 0 Å². The highest BCUT2D eigenvalue weighted by Crippen LogP contribution is 2.31. The maximum absolute atomic E-state index is 6.16. The van der Waals surface area contributed by atoms with Crippen molar-refractivity contribution in [2.24, 2.45) is 0 Å². The van der Waals surface area contributed by atoms with Crippen molar-refractivity contribution < 1.29 is 0 Å². The van der Waals surface area contributed by atoms with E-state index in [0.29, 0.717) is 5.02 Å². The zero-order valence-electron chi connectivity index (χ0n) is 10.5. The van der Waals surface area contributed by atoms with Crippen LogP contribution in [0.25, 0.3) is 22.2 Å². The molecule has 0 aliphatic carbocycles. The summed E-state index contributed by atoms with van der Waals surface area (Å²) in [5, 5.41) is 1.66. The molecule has 0 aliphatic rings. The molecule has 2 N–H and O–H groups in total. The molecule has 0 radical (unpaired) electrons. The summed E-state index contributed by atoms with van der Waals surface area (Å²) < 4.78 is 0. The Morgan fingerprint density at radius 2 is 1.79 bits per heavy atom. The number of rotatable bonds is 1. The molecule has 3 rings (SSSR count). The predicted octanol–water partition coefficient (Wildman–Crippen LogP) is 4.45. The largest absolute Gasteiger partial charge is 0.398 e. The van der Waals surface area contributed by atoms with Crippen molar-refractivity contribution in [3.05, 3.63) is 59.1 Å². The highest BCUT2D eigenvalue weighted by atomic mass is 35.5. The summed E-state index contributed by atoms with van der Waals surface area (Å²) in [6.45, 7) is 1.96. The van der Waals surface area contributed by atoms with Crippen molar-refractivity contribution in [2.75, 3.05) is 5.73 Å². The van der Waals surface area contributed by atoms with Crippen molar-refractivity contribution in [3.63, 3.8) is 0 Å². The predicted molar refractivity (Wildman–Crippen MR) is 81.3 cm³/mol. The minimum atomic E-state index is 0.713. The van der Waals surface area contributed by atoms with E-state index in [4.69, 9.17) is 22.3 Å². The lowest BCUT2D eigenvalue weighted by Gasteiger charge is -2.09. The van der Waals surface area contributed by atoms with Gasteiger partial charge in [0.1, 0.15) is 0 Å². The standard InChI is InChI=1S/C16H13ClN2/c1-10-13(17)8-7-12-14(18)9-15(19-16(10)12)11-5-3-2-4-6-11/h2-9H,1H3,(H2,18,19). The van der Waals surface area contributed by atoms with Gasteiger partial charge in [-0.1, -0.05) is 41.9 Å². The average molecular weight is 269 g/mol. The molecule has 0 saturated heterocycles. The molecule has 3 heteroatoms. The van der Waals surface area contributed by atoms with Crippen LogP contribution in [0.1, 0.15) is 5.56 Å². The second kappa shape index (κ2) is 4.56. The second-order valence-electron chi connectivity index (χ2n) is 4.53. The smallest absolute Gasteiger partial charge is 0.0774 e. The molecule has 94 valence electrons. The molecule has 0 spiro atoms. The third-order valence-electron chi connectivity index (χ3n) is 3.27. The molecule has 0 bridgehead atoms. The van der Waals surface area contributed by atoms with Gasteiger partial charge < -0.3 is 5.73 Å². The molecule has 0 atom stereocenters. The quantitative estimate of drug-likeness (QED) is 0.708. The van der Waals surface area contributed by atoms with Crippen molar-refractivity contribution in [1.29, 1.82) is 0 Å². The molecule has 0 amide bonds. The van der Waals surface area contributed by atoms with Crippen LogP contribution in [0, 0.1) is 6.92 Å². The molecule has 3 aromatic rings. The fourth-order valence-electron chi connectivity index (χ4n) is 2.19. The minimum Gasteiger partial charge on any atom is -0.398 e. The normalized spacial score (nSPS) is 10.8. The van der Waals surface area contributed by atoms with E-state index in [9.17, 15) is 0 Å². The number of halogens is 1. The van der Waals surface area contributed by atoms with Gasteiger partial charge in [-0.3, -0.25) is 0 Å². The Bertz CT molecular complexity index is 752. The highest BCUT2D eigenvalue weighted by Gasteiger charge is 2.09. The first-order chi connectivity index (χ1) is 9.16. The van der Waals surface area contributed by atoms with Crippen molar-refractivity contribution >= 4 is 28.2 Å². The Labute approximate surface area is 116 Å². The summed E-state index contributed by atoms with van der Waals surface area (Å²) in [7, 11) is 0. The van der Waals surface area contributed by atoms with Crippen molar-refractivity contribution in [1.82, 2.24) is 4.98 Å². The maximum atomic E-state index is 6.16. The third kappa shape index (κ3) is 2.04. The summed E-state index contributed by atoms with van der Waals surface area (Å²) in [6, 6.07) is 15.7. The van der Waals surface area contributed by atoms with Crippen LogP contribution in [0.5, 0.6) is 0 Å². The number of hydrogen-bond donors (Lipinski definition) is 1. The molecular weight excluding hydrogens is 256 g/mol. The van der Waals surface area contributed by atoms with E-state index in [-0.39, 0.29) is 0 Å². The number of hydrogen-bond acceptors (Lipinski definition) is 2. The van der Waals surface area contributed by atoms with Crippen LogP contribution < -0.4 is 5.73 Å². The summed E-state index contributed by atoms with van der Waals surface area (Å²) >= 11 is 6.16. The summed E-state index contributed by atoms with van der Waals surface area (Å²) in [5.74, 6) is 0. The van der Waals surface area contributed by atoms with Gasteiger partial charge in [0.05, 0.1) is 11.2 Å². The van der Waals surface area contributed by atoms with E-state index in [0.717, 1.165) is 33.4 Å². The van der Waals surface area contributed by atoms with Gasteiger partial charge in [-0.15, -0.1) is 0 Å². The molecule has 0 saturated carbocycles. The monoisotopic (exact) mass is 268 g/mol. The van der Waals surface area contributed by atoms with Crippen LogP contribution in [0.2, 0.25) is 5.02 Å². The van der Waals surface area contributed by atoms with E-state index >= 15 is 0 Å². The van der Waals surface area contributed by atoms with E-state index in [1.54, 1.807) is 0 Å². The lowest BCUT2D eigenvalue weighted by molar-refractivity contribution is 1.36. The van der Waals surface area contributed by atoms with Gasteiger partial charge in [0.15, 0.2) is 0 Å². The molecule has 19 heavy (non-hydrogen) atoms. The van der Waals surface area contributed by atoms with E-state index in [1.807, 2.05) is 55.5 Å². The Hall–Kier alpha value is -2.06. The first-order valence-electron chi connectivity index (χ1n) is 6.07. The first-order valence-corrected chi connectivity index (χ1v) is 6.45. The fourth-order valence-corrected chi connectivity index (χ4v) is 2.34. The lowest BCUT2D eigenvalue weighted by atomic mass is 10.1. The molecule has 2 aromatic carbocycles. The molecular formula is C16H13ClN2. The number of pyridine rings is 1. The third-order valence-corrected chi connectivity index (χ3v) is 3.68. The van der Waals surface area contributed by atoms with Crippen LogP contribution in [-0.4, -0.2) is 4.98 Å². The Morgan fingerprint density at radius 1 is 1.05 bits per heavy atom. The summed E-state index contributed by atoms with van der Waals surface area (Å²) in [4.78, 5) is 4.70. The van der Waals surface area contributed by atoms with Crippen molar-refractivity contribution in [3.8, 4) is 11.3 Å². The lowest BCUT2D eigenvalue weighted by Crippen LogP contribution is -1.94. The number of benzene rings is 2. The van der Waals surface area contributed by atoms with Gasteiger partial charge in [0.2, 0.25) is 0 Å². The Kier molecular flexibility index (Phi) is 2.88. The number of nitrogens with two attached hydrogens (primary N) is 1. The highest BCUT2D eigenvalue weighted by molar-refractivity contribution is 6.32. The van der Waals surface area contributed by atoms with Crippen LogP contribution >= 0.6 is 11.6 Å².